The molecule has 0 spiro atoms. The number of aliphatic hydroxyl groups is 1. The van der Waals surface area contributed by atoms with Crippen LogP contribution in [0.1, 0.15) is 38.9 Å². The molecule has 0 bridgehead atoms. The van der Waals surface area contributed by atoms with Gasteiger partial charge in [0.2, 0.25) is 0 Å². The molecule has 0 amide bonds. The van der Waals surface area contributed by atoms with Crippen LogP contribution >= 0.6 is 0 Å². The van der Waals surface area contributed by atoms with Crippen molar-refractivity contribution in [2.75, 3.05) is 6.61 Å². The fourth-order valence-corrected chi connectivity index (χ4v) is 1.38. The third-order valence-corrected chi connectivity index (χ3v) is 2.38. The highest BCUT2D eigenvalue weighted by atomic mass is 19.1. The van der Waals surface area contributed by atoms with Gasteiger partial charge in [-0.3, -0.25) is 0 Å². The van der Waals surface area contributed by atoms with Crippen molar-refractivity contribution in [3.63, 3.8) is 0 Å². The first-order valence-electron chi connectivity index (χ1n) is 5.61. The fraction of sp³-hybridized carbons (Fsp3) is 0.538. The number of ether oxygens (including phenoxy) is 1. The van der Waals surface area contributed by atoms with E-state index in [-0.39, 0.29) is 5.82 Å². The molecule has 0 aliphatic carbocycles. The number of hydrogen-bond acceptors (Lipinski definition) is 2. The van der Waals surface area contributed by atoms with Crippen LogP contribution in [-0.4, -0.2) is 11.7 Å². The Morgan fingerprint density at radius 2 is 2.00 bits per heavy atom. The third kappa shape index (κ3) is 3.81. The minimum atomic E-state index is -0.644. The number of rotatable bonds is 5. The van der Waals surface area contributed by atoms with E-state index in [1.165, 1.54) is 12.1 Å². The molecule has 0 radical (unpaired) electrons. The van der Waals surface area contributed by atoms with Crippen molar-refractivity contribution in [2.24, 2.45) is 5.92 Å². The second kappa shape index (κ2) is 5.85. The van der Waals surface area contributed by atoms with Gasteiger partial charge in [0.25, 0.3) is 0 Å². The van der Waals surface area contributed by atoms with Crippen molar-refractivity contribution < 1.29 is 14.2 Å². The van der Waals surface area contributed by atoms with Crippen molar-refractivity contribution >= 4 is 0 Å². The van der Waals surface area contributed by atoms with Crippen LogP contribution in [0.2, 0.25) is 0 Å². The van der Waals surface area contributed by atoms with E-state index in [9.17, 15) is 9.50 Å². The maximum Gasteiger partial charge on any atom is 0.127 e. The topological polar surface area (TPSA) is 29.5 Å². The quantitative estimate of drug-likeness (QED) is 0.834. The molecule has 0 saturated heterocycles. The number of benzene rings is 1. The second-order valence-electron chi connectivity index (χ2n) is 4.39. The van der Waals surface area contributed by atoms with Crippen molar-refractivity contribution in [2.45, 2.75) is 33.3 Å². The van der Waals surface area contributed by atoms with E-state index in [4.69, 9.17) is 4.74 Å². The van der Waals surface area contributed by atoms with Crippen LogP contribution in [0.3, 0.4) is 0 Å². The molecule has 0 fully saturated rings. The maximum atomic E-state index is 13.0. The Morgan fingerprint density at radius 3 is 2.56 bits per heavy atom. The smallest absolute Gasteiger partial charge is 0.127 e. The van der Waals surface area contributed by atoms with E-state index < -0.39 is 6.10 Å². The molecular formula is C13H19FO2. The van der Waals surface area contributed by atoms with Gasteiger partial charge in [-0.15, -0.1) is 0 Å². The summed E-state index contributed by atoms with van der Waals surface area (Å²) in [7, 11) is 0. The Hall–Kier alpha value is -1.09. The van der Waals surface area contributed by atoms with E-state index in [0.29, 0.717) is 23.8 Å². The Labute approximate surface area is 96.1 Å². The zero-order valence-corrected chi connectivity index (χ0v) is 10.0. The second-order valence-corrected chi connectivity index (χ2v) is 4.39. The first-order valence-corrected chi connectivity index (χ1v) is 5.61. The molecule has 2 nitrogen and oxygen atoms in total. The van der Waals surface area contributed by atoms with E-state index in [1.807, 2.05) is 0 Å². The van der Waals surface area contributed by atoms with Crippen molar-refractivity contribution in [3.05, 3.63) is 29.6 Å². The summed E-state index contributed by atoms with van der Waals surface area (Å²) >= 11 is 0. The van der Waals surface area contributed by atoms with Gasteiger partial charge in [-0.25, -0.2) is 4.39 Å². The molecule has 3 heteroatoms. The normalized spacial score (nSPS) is 12.9. The van der Waals surface area contributed by atoms with Crippen molar-refractivity contribution in [1.82, 2.24) is 0 Å². The molecule has 1 aromatic carbocycles. The Morgan fingerprint density at radius 1 is 1.31 bits per heavy atom. The van der Waals surface area contributed by atoms with Gasteiger partial charge in [0.1, 0.15) is 11.6 Å². The van der Waals surface area contributed by atoms with Crippen LogP contribution in [0.25, 0.3) is 0 Å². The van der Waals surface area contributed by atoms with Crippen LogP contribution in [-0.2, 0) is 0 Å². The van der Waals surface area contributed by atoms with Gasteiger partial charge in [-0.05, 0) is 31.4 Å². The van der Waals surface area contributed by atoms with Gasteiger partial charge in [-0.1, -0.05) is 13.8 Å². The average Bonchev–Trinajstić information content (AvgIpc) is 2.16. The lowest BCUT2D eigenvalue weighted by molar-refractivity contribution is 0.189. The van der Waals surface area contributed by atoms with Crippen molar-refractivity contribution in [3.8, 4) is 5.75 Å². The largest absolute Gasteiger partial charge is 0.493 e. The Bertz CT molecular complexity index is 335. The van der Waals surface area contributed by atoms with Gasteiger partial charge in [-0.2, -0.15) is 0 Å². The molecule has 1 unspecified atom stereocenters. The fourth-order valence-electron chi connectivity index (χ4n) is 1.38. The van der Waals surface area contributed by atoms with Gasteiger partial charge in [0.05, 0.1) is 12.7 Å². The lowest BCUT2D eigenvalue weighted by Crippen LogP contribution is -2.05. The predicted octanol–water partition coefficient (Wildman–Crippen LogP) is 3.30. The molecular weight excluding hydrogens is 207 g/mol. The Balaban J connectivity index is 2.72. The SMILES string of the molecule is CC(C)CCOc1cc(F)ccc1C(C)O. The van der Waals surface area contributed by atoms with E-state index in [1.54, 1.807) is 13.0 Å². The molecule has 0 aliphatic rings. The molecule has 0 aliphatic heterocycles. The van der Waals surface area contributed by atoms with Crippen molar-refractivity contribution in [1.29, 1.82) is 0 Å². The summed E-state index contributed by atoms with van der Waals surface area (Å²) in [4.78, 5) is 0. The summed E-state index contributed by atoms with van der Waals surface area (Å²) in [6.45, 7) is 6.39. The minimum absolute atomic E-state index is 0.344. The molecule has 1 rings (SSSR count). The minimum Gasteiger partial charge on any atom is -0.493 e. The molecule has 16 heavy (non-hydrogen) atoms. The summed E-state index contributed by atoms with van der Waals surface area (Å²) < 4.78 is 18.5. The summed E-state index contributed by atoms with van der Waals surface area (Å²) in [5.41, 5.74) is 0.630. The molecule has 1 aromatic rings. The number of hydrogen-bond donors (Lipinski definition) is 1. The zero-order chi connectivity index (χ0) is 12.1. The molecule has 0 heterocycles. The van der Waals surface area contributed by atoms with E-state index in [2.05, 4.69) is 13.8 Å². The standard InChI is InChI=1S/C13H19FO2/c1-9(2)6-7-16-13-8-11(14)4-5-12(13)10(3)15/h4-5,8-10,15H,6-7H2,1-3H3. The van der Waals surface area contributed by atoms with Crippen LogP contribution in [0.15, 0.2) is 18.2 Å². The molecule has 90 valence electrons. The number of halogens is 1. The maximum absolute atomic E-state index is 13.0. The molecule has 0 aromatic heterocycles. The van der Waals surface area contributed by atoms with Gasteiger partial charge in [0, 0.05) is 11.6 Å². The highest BCUT2D eigenvalue weighted by Crippen LogP contribution is 2.26. The van der Waals surface area contributed by atoms with Crippen LogP contribution in [0, 0.1) is 11.7 Å². The summed E-state index contributed by atoms with van der Waals surface area (Å²) in [6, 6.07) is 4.21. The van der Waals surface area contributed by atoms with Gasteiger partial charge >= 0.3 is 0 Å². The lowest BCUT2D eigenvalue weighted by Gasteiger charge is -2.14. The lowest BCUT2D eigenvalue weighted by atomic mass is 10.1. The van der Waals surface area contributed by atoms with Gasteiger partial charge in [0.15, 0.2) is 0 Å². The monoisotopic (exact) mass is 226 g/mol. The molecule has 1 N–H and O–H groups in total. The zero-order valence-electron chi connectivity index (χ0n) is 10.0. The molecule has 0 saturated carbocycles. The highest BCUT2D eigenvalue weighted by Gasteiger charge is 2.10. The van der Waals surface area contributed by atoms with E-state index >= 15 is 0 Å². The first kappa shape index (κ1) is 13.0. The summed E-state index contributed by atoms with van der Waals surface area (Å²) in [6.07, 6.45) is 0.269. The summed E-state index contributed by atoms with van der Waals surface area (Å²) in [5.74, 6) is 0.642. The highest BCUT2D eigenvalue weighted by molar-refractivity contribution is 5.35. The van der Waals surface area contributed by atoms with Crippen LogP contribution in [0.5, 0.6) is 5.75 Å². The third-order valence-electron chi connectivity index (χ3n) is 2.38. The molecule has 1 atom stereocenters. The summed E-state index contributed by atoms with van der Waals surface area (Å²) in [5, 5.41) is 9.50. The Kier molecular flexibility index (Phi) is 4.74. The van der Waals surface area contributed by atoms with Crippen LogP contribution < -0.4 is 4.74 Å². The van der Waals surface area contributed by atoms with E-state index in [0.717, 1.165) is 6.42 Å². The van der Waals surface area contributed by atoms with Gasteiger partial charge < -0.3 is 9.84 Å². The average molecular weight is 226 g/mol. The first-order chi connectivity index (χ1) is 7.50. The predicted molar refractivity (Wildman–Crippen MR) is 62.0 cm³/mol. The van der Waals surface area contributed by atoms with Crippen LogP contribution in [0.4, 0.5) is 4.39 Å². The number of aliphatic hydroxyl groups excluding tert-OH is 1.